The van der Waals surface area contributed by atoms with Gasteiger partial charge < -0.3 is 14.3 Å². The quantitative estimate of drug-likeness (QED) is 0.800. The SMILES string of the molecule is CC(=O)N1CCC(N2CCC[C@H]2c2nc(-c3ccc(N(C)C)nc3)no2)CC1. The van der Waals surface area contributed by atoms with Gasteiger partial charge in [-0.3, -0.25) is 9.69 Å². The predicted octanol–water partition coefficient (Wildman–Crippen LogP) is 2.35. The summed E-state index contributed by atoms with van der Waals surface area (Å²) in [5.74, 6) is 2.35. The lowest BCUT2D eigenvalue weighted by Crippen LogP contribution is -2.46. The zero-order valence-corrected chi connectivity index (χ0v) is 16.8. The standard InChI is InChI=1S/C20H28N6O2/c1-14(27)25-11-8-16(9-12-25)26-10-4-5-17(26)20-22-19(23-28-20)15-6-7-18(21-13-15)24(2)3/h6-7,13,16-17H,4-5,8-12H2,1-3H3/t17-/m0/s1. The number of likely N-dealkylation sites (tertiary alicyclic amines) is 2. The van der Waals surface area contributed by atoms with Crippen LogP contribution < -0.4 is 4.90 Å². The molecule has 8 nitrogen and oxygen atoms in total. The number of carbonyl (C=O) groups excluding carboxylic acids is 1. The molecule has 150 valence electrons. The Labute approximate surface area is 165 Å². The van der Waals surface area contributed by atoms with Gasteiger partial charge in [-0.25, -0.2) is 4.98 Å². The van der Waals surface area contributed by atoms with Gasteiger partial charge >= 0.3 is 0 Å². The minimum atomic E-state index is 0.170. The monoisotopic (exact) mass is 384 g/mol. The van der Waals surface area contributed by atoms with Crippen LogP contribution in [0.15, 0.2) is 22.9 Å². The van der Waals surface area contributed by atoms with E-state index < -0.39 is 0 Å². The fraction of sp³-hybridized carbons (Fsp3) is 0.600. The molecule has 8 heteroatoms. The van der Waals surface area contributed by atoms with E-state index in [2.05, 4.69) is 20.0 Å². The van der Waals surface area contributed by atoms with Gasteiger partial charge in [0.15, 0.2) is 0 Å². The maximum absolute atomic E-state index is 11.6. The maximum Gasteiger partial charge on any atom is 0.244 e. The first kappa shape index (κ1) is 18.9. The summed E-state index contributed by atoms with van der Waals surface area (Å²) in [6, 6.07) is 4.57. The molecule has 1 amide bonds. The first-order valence-electron chi connectivity index (χ1n) is 10.0. The Morgan fingerprint density at radius 3 is 2.61 bits per heavy atom. The molecule has 0 aliphatic carbocycles. The van der Waals surface area contributed by atoms with Crippen LogP contribution in [0.5, 0.6) is 0 Å². The fourth-order valence-electron chi connectivity index (χ4n) is 4.27. The van der Waals surface area contributed by atoms with E-state index in [9.17, 15) is 4.79 Å². The van der Waals surface area contributed by atoms with Crippen LogP contribution in [-0.4, -0.2) is 70.6 Å². The Morgan fingerprint density at radius 1 is 1.18 bits per heavy atom. The molecule has 0 radical (unpaired) electrons. The van der Waals surface area contributed by atoms with Crippen LogP contribution in [0.25, 0.3) is 11.4 Å². The van der Waals surface area contributed by atoms with Crippen LogP contribution in [0, 0.1) is 0 Å². The smallest absolute Gasteiger partial charge is 0.244 e. The van der Waals surface area contributed by atoms with Crippen molar-refractivity contribution < 1.29 is 9.32 Å². The Kier molecular flexibility index (Phi) is 5.30. The molecule has 0 saturated carbocycles. The normalized spacial score (nSPS) is 21.2. The number of hydrogen-bond donors (Lipinski definition) is 0. The molecule has 2 aromatic heterocycles. The number of piperidine rings is 1. The van der Waals surface area contributed by atoms with Crippen molar-refractivity contribution in [1.29, 1.82) is 0 Å². The van der Waals surface area contributed by atoms with Crippen molar-refractivity contribution in [3.05, 3.63) is 24.2 Å². The van der Waals surface area contributed by atoms with Gasteiger partial charge in [-0.15, -0.1) is 0 Å². The summed E-state index contributed by atoms with van der Waals surface area (Å²) in [6.45, 7) is 4.37. The average Bonchev–Trinajstić information content (AvgIpc) is 3.37. The third-order valence-electron chi connectivity index (χ3n) is 5.86. The molecule has 1 atom stereocenters. The van der Waals surface area contributed by atoms with Gasteiger partial charge in [0.1, 0.15) is 5.82 Å². The van der Waals surface area contributed by atoms with Gasteiger partial charge in [0.25, 0.3) is 0 Å². The first-order chi connectivity index (χ1) is 13.5. The third-order valence-corrected chi connectivity index (χ3v) is 5.86. The molecule has 4 heterocycles. The van der Waals surface area contributed by atoms with Crippen LogP contribution in [-0.2, 0) is 4.79 Å². The van der Waals surface area contributed by atoms with E-state index in [1.165, 1.54) is 0 Å². The number of aromatic nitrogens is 3. The van der Waals surface area contributed by atoms with E-state index in [1.807, 2.05) is 36.0 Å². The van der Waals surface area contributed by atoms with Crippen molar-refractivity contribution >= 4 is 11.7 Å². The van der Waals surface area contributed by atoms with Crippen molar-refractivity contribution in [2.45, 2.75) is 44.7 Å². The van der Waals surface area contributed by atoms with E-state index in [0.29, 0.717) is 17.8 Å². The Morgan fingerprint density at radius 2 is 1.96 bits per heavy atom. The van der Waals surface area contributed by atoms with Gasteiger partial charge in [0, 0.05) is 51.9 Å². The van der Waals surface area contributed by atoms with Gasteiger partial charge in [-0.2, -0.15) is 4.98 Å². The van der Waals surface area contributed by atoms with E-state index in [4.69, 9.17) is 4.52 Å². The van der Waals surface area contributed by atoms with Crippen molar-refractivity contribution in [3.8, 4) is 11.4 Å². The topological polar surface area (TPSA) is 78.6 Å². The zero-order valence-electron chi connectivity index (χ0n) is 16.8. The molecule has 2 aromatic rings. The molecule has 0 spiro atoms. The molecule has 0 unspecified atom stereocenters. The number of anilines is 1. The van der Waals surface area contributed by atoms with Gasteiger partial charge in [0.2, 0.25) is 17.6 Å². The number of carbonyl (C=O) groups is 1. The molecular formula is C20H28N6O2. The second-order valence-corrected chi connectivity index (χ2v) is 7.89. The highest BCUT2D eigenvalue weighted by Gasteiger charge is 2.37. The zero-order chi connectivity index (χ0) is 19.7. The fourth-order valence-corrected chi connectivity index (χ4v) is 4.27. The van der Waals surface area contributed by atoms with E-state index >= 15 is 0 Å². The van der Waals surface area contributed by atoms with Crippen LogP contribution in [0.3, 0.4) is 0 Å². The Balaban J connectivity index is 1.46. The van der Waals surface area contributed by atoms with E-state index in [1.54, 1.807) is 13.1 Å². The summed E-state index contributed by atoms with van der Waals surface area (Å²) in [5, 5.41) is 4.20. The molecule has 0 N–H and O–H groups in total. The third kappa shape index (κ3) is 3.73. The molecule has 0 bridgehead atoms. The van der Waals surface area contributed by atoms with Crippen LogP contribution in [0.4, 0.5) is 5.82 Å². The van der Waals surface area contributed by atoms with Crippen LogP contribution in [0.2, 0.25) is 0 Å². The summed E-state index contributed by atoms with van der Waals surface area (Å²) < 4.78 is 5.66. The summed E-state index contributed by atoms with van der Waals surface area (Å²) >= 11 is 0. The number of amides is 1. The van der Waals surface area contributed by atoms with E-state index in [0.717, 1.165) is 56.7 Å². The number of pyridine rings is 1. The van der Waals surface area contributed by atoms with Crippen molar-refractivity contribution in [2.75, 3.05) is 38.6 Å². The molecule has 0 aromatic carbocycles. The summed E-state index contributed by atoms with van der Waals surface area (Å²) in [4.78, 5) is 27.1. The first-order valence-corrected chi connectivity index (χ1v) is 10.0. The largest absolute Gasteiger partial charge is 0.363 e. The Bertz CT molecular complexity index is 810. The number of hydrogen-bond acceptors (Lipinski definition) is 7. The summed E-state index contributed by atoms with van der Waals surface area (Å²) in [6.07, 6.45) is 5.97. The molecule has 2 fully saturated rings. The number of rotatable bonds is 4. The summed E-state index contributed by atoms with van der Waals surface area (Å²) in [7, 11) is 3.92. The molecule has 2 saturated heterocycles. The van der Waals surface area contributed by atoms with Crippen molar-refractivity contribution in [3.63, 3.8) is 0 Å². The molecular weight excluding hydrogens is 356 g/mol. The molecule has 28 heavy (non-hydrogen) atoms. The van der Waals surface area contributed by atoms with Gasteiger partial charge in [0.05, 0.1) is 6.04 Å². The summed E-state index contributed by atoms with van der Waals surface area (Å²) in [5.41, 5.74) is 0.861. The predicted molar refractivity (Wildman–Crippen MR) is 106 cm³/mol. The molecule has 2 aliphatic heterocycles. The van der Waals surface area contributed by atoms with E-state index in [-0.39, 0.29) is 11.9 Å². The van der Waals surface area contributed by atoms with Crippen molar-refractivity contribution in [1.82, 2.24) is 24.9 Å². The van der Waals surface area contributed by atoms with Crippen LogP contribution >= 0.6 is 0 Å². The lowest BCUT2D eigenvalue weighted by Gasteiger charge is -2.38. The second kappa shape index (κ2) is 7.87. The van der Waals surface area contributed by atoms with Gasteiger partial charge in [-0.1, -0.05) is 5.16 Å². The lowest BCUT2D eigenvalue weighted by atomic mass is 10.0. The molecule has 2 aliphatic rings. The average molecular weight is 384 g/mol. The Hall–Kier alpha value is -2.48. The van der Waals surface area contributed by atoms with Crippen LogP contribution in [0.1, 0.15) is 44.5 Å². The number of nitrogens with zero attached hydrogens (tertiary/aromatic N) is 6. The minimum absolute atomic E-state index is 0.170. The highest BCUT2D eigenvalue weighted by atomic mass is 16.5. The second-order valence-electron chi connectivity index (χ2n) is 7.89. The lowest BCUT2D eigenvalue weighted by molar-refractivity contribution is -0.130. The van der Waals surface area contributed by atoms with Crippen molar-refractivity contribution in [2.24, 2.45) is 0 Å². The van der Waals surface area contributed by atoms with Gasteiger partial charge in [-0.05, 0) is 44.4 Å². The highest BCUT2D eigenvalue weighted by molar-refractivity contribution is 5.73. The maximum atomic E-state index is 11.6. The minimum Gasteiger partial charge on any atom is -0.363 e. The highest BCUT2D eigenvalue weighted by Crippen LogP contribution is 2.36. The molecule has 4 rings (SSSR count).